The number of nitrogens with one attached hydrogen (secondary N) is 1. The highest BCUT2D eigenvalue weighted by molar-refractivity contribution is 7.17. The summed E-state index contributed by atoms with van der Waals surface area (Å²) in [6.45, 7) is 4.00. The maximum absolute atomic E-state index is 14.4. The van der Waals surface area contributed by atoms with E-state index in [-0.39, 0.29) is 17.5 Å². The van der Waals surface area contributed by atoms with Gasteiger partial charge in [0.2, 0.25) is 0 Å². The van der Waals surface area contributed by atoms with E-state index in [2.05, 4.69) is 10.2 Å². The van der Waals surface area contributed by atoms with E-state index in [1.165, 1.54) is 17.4 Å². The van der Waals surface area contributed by atoms with E-state index in [4.69, 9.17) is 9.72 Å². The third-order valence-corrected chi connectivity index (χ3v) is 9.22. The van der Waals surface area contributed by atoms with Crippen molar-refractivity contribution in [3.05, 3.63) is 124 Å². The molecule has 0 radical (unpaired) electrons. The largest absolute Gasteiger partial charge is 0.491 e. The van der Waals surface area contributed by atoms with Crippen LogP contribution in [0.3, 0.4) is 0 Å². The molecule has 0 unspecified atom stereocenters. The molecule has 5 aromatic rings. The highest BCUT2D eigenvalue weighted by Crippen LogP contribution is 2.42. The van der Waals surface area contributed by atoms with Crippen LogP contribution in [0.5, 0.6) is 5.75 Å². The number of benzene rings is 3. The van der Waals surface area contributed by atoms with Gasteiger partial charge in [-0.2, -0.15) is 0 Å². The lowest BCUT2D eigenvalue weighted by molar-refractivity contribution is 0.0981. The Labute approximate surface area is 258 Å². The second-order valence-corrected chi connectivity index (χ2v) is 11.9. The van der Waals surface area contributed by atoms with Gasteiger partial charge in [-0.15, -0.1) is 11.3 Å². The Hall–Kier alpha value is -5.02. The zero-order chi connectivity index (χ0) is 30.2. The average molecular weight is 605 g/mol. The van der Waals surface area contributed by atoms with E-state index in [9.17, 15) is 14.0 Å². The fraction of sp³-hybridized carbons (Fsp3) is 0.171. The first-order valence-electron chi connectivity index (χ1n) is 14.5. The Morgan fingerprint density at radius 3 is 2.64 bits per heavy atom. The van der Waals surface area contributed by atoms with E-state index in [1.807, 2.05) is 66.7 Å². The molecule has 3 aromatic carbocycles. The summed E-state index contributed by atoms with van der Waals surface area (Å²) in [5, 5.41) is 2.75. The summed E-state index contributed by atoms with van der Waals surface area (Å²) in [7, 11) is 0. The second-order valence-electron chi connectivity index (χ2n) is 10.8. The maximum Gasteiger partial charge on any atom is 0.276 e. The smallest absolute Gasteiger partial charge is 0.276 e. The molecule has 7 rings (SSSR count). The van der Waals surface area contributed by atoms with Gasteiger partial charge in [0.25, 0.3) is 11.8 Å². The summed E-state index contributed by atoms with van der Waals surface area (Å²) in [5.41, 5.74) is 4.89. The van der Waals surface area contributed by atoms with Crippen LogP contribution in [0.15, 0.2) is 91.0 Å². The molecule has 4 heterocycles. The van der Waals surface area contributed by atoms with Gasteiger partial charge in [-0.3, -0.25) is 9.59 Å². The van der Waals surface area contributed by atoms with E-state index >= 15 is 0 Å². The van der Waals surface area contributed by atoms with Gasteiger partial charge in [0.15, 0.2) is 0 Å². The van der Waals surface area contributed by atoms with Gasteiger partial charge < -0.3 is 19.9 Å². The Balaban J connectivity index is 1.16. The van der Waals surface area contributed by atoms with Crippen molar-refractivity contribution in [1.82, 2.24) is 4.98 Å². The van der Waals surface area contributed by atoms with E-state index in [0.29, 0.717) is 48.8 Å². The number of rotatable bonds is 4. The van der Waals surface area contributed by atoms with Gasteiger partial charge in [0, 0.05) is 29.1 Å². The molecule has 9 heteroatoms. The second kappa shape index (κ2) is 11.6. The molecule has 0 fully saturated rings. The Bertz CT molecular complexity index is 1880. The Morgan fingerprint density at radius 1 is 0.932 bits per heavy atom. The Morgan fingerprint density at radius 2 is 1.75 bits per heavy atom. The van der Waals surface area contributed by atoms with Crippen LogP contribution >= 0.6 is 11.3 Å². The third kappa shape index (κ3) is 5.20. The summed E-state index contributed by atoms with van der Waals surface area (Å²) in [6, 6.07) is 27.8. The van der Waals surface area contributed by atoms with Crippen LogP contribution in [0, 0.1) is 12.7 Å². The van der Waals surface area contributed by atoms with Crippen molar-refractivity contribution in [3.8, 4) is 16.2 Å². The van der Waals surface area contributed by atoms with Crippen LogP contribution in [-0.2, 0) is 13.0 Å². The molecule has 0 saturated heterocycles. The van der Waals surface area contributed by atoms with Crippen LogP contribution in [-0.4, -0.2) is 36.5 Å². The summed E-state index contributed by atoms with van der Waals surface area (Å²) in [4.78, 5) is 37.4. The Kier molecular flexibility index (Phi) is 7.31. The number of carbonyl (C=O) groups is 2. The van der Waals surface area contributed by atoms with E-state index in [1.54, 1.807) is 30.0 Å². The van der Waals surface area contributed by atoms with Crippen LogP contribution < -0.4 is 19.9 Å². The predicted octanol–water partition coefficient (Wildman–Crippen LogP) is 7.11. The lowest BCUT2D eigenvalue weighted by Gasteiger charge is -2.24. The van der Waals surface area contributed by atoms with Crippen LogP contribution in [0.1, 0.15) is 36.9 Å². The van der Waals surface area contributed by atoms with Crippen molar-refractivity contribution >= 4 is 40.3 Å². The molecule has 2 aliphatic rings. The summed E-state index contributed by atoms with van der Waals surface area (Å²) in [5.74, 6) is 0.582. The number of hydrogen-bond donors (Lipinski definition) is 1. The molecule has 1 N–H and O–H groups in total. The number of aryl methyl sites for hydroxylation is 1. The summed E-state index contributed by atoms with van der Waals surface area (Å²) in [6.07, 6.45) is 0.554. The zero-order valence-electron chi connectivity index (χ0n) is 24.0. The van der Waals surface area contributed by atoms with Crippen LogP contribution in [0.2, 0.25) is 0 Å². The first kappa shape index (κ1) is 27.8. The number of para-hydroxylation sites is 3. The van der Waals surface area contributed by atoms with Crippen LogP contribution in [0.25, 0.3) is 10.4 Å². The third-order valence-electron chi connectivity index (χ3n) is 8.01. The molecule has 2 amide bonds. The van der Waals surface area contributed by atoms with Gasteiger partial charge in [0.05, 0.1) is 22.8 Å². The van der Waals surface area contributed by atoms with Crippen LogP contribution in [0.4, 0.5) is 21.6 Å². The number of aromatic nitrogens is 1. The molecular formula is C35H29FN4O3S. The number of thiophene rings is 1. The fourth-order valence-electron chi connectivity index (χ4n) is 5.76. The molecule has 0 aliphatic carbocycles. The molecule has 0 atom stereocenters. The minimum absolute atomic E-state index is 0.185. The number of anilines is 3. The number of nitrogens with zero attached hydrogens (tertiary/aromatic N) is 3. The molecular weight excluding hydrogens is 575 g/mol. The van der Waals surface area contributed by atoms with Crippen molar-refractivity contribution in [2.45, 2.75) is 19.9 Å². The number of carbonyl (C=O) groups excluding carboxylic acids is 2. The first-order valence-corrected chi connectivity index (χ1v) is 15.3. The van der Waals surface area contributed by atoms with Crippen molar-refractivity contribution in [2.75, 3.05) is 34.8 Å². The number of amides is 2. The number of hydrogen-bond acceptors (Lipinski definition) is 6. The predicted molar refractivity (Wildman–Crippen MR) is 171 cm³/mol. The number of halogens is 1. The van der Waals surface area contributed by atoms with Gasteiger partial charge in [0.1, 0.15) is 29.7 Å². The lowest BCUT2D eigenvalue weighted by atomic mass is 10.1. The molecule has 220 valence electrons. The molecule has 0 saturated carbocycles. The van der Waals surface area contributed by atoms with Crippen molar-refractivity contribution in [2.24, 2.45) is 0 Å². The standard InChI is InChI=1S/C35H29FN4O3S/c1-22-8-6-11-26(36)32(22)38-34(41)30-20-23-16-17-40(28-13-4-3-10-25(28)33(23)44-30)35(42)27-12-7-15-31(37-27)39-18-19-43-29-14-5-2-9-24(29)21-39/h2-15,20H,16-19,21H2,1H3,(H,38,41). The fourth-order valence-corrected chi connectivity index (χ4v) is 6.90. The molecule has 44 heavy (non-hydrogen) atoms. The monoisotopic (exact) mass is 604 g/mol. The van der Waals surface area contributed by atoms with Crippen molar-refractivity contribution < 1.29 is 18.7 Å². The number of fused-ring (bicyclic) bond motifs is 4. The molecule has 7 nitrogen and oxygen atoms in total. The highest BCUT2D eigenvalue weighted by Gasteiger charge is 2.29. The quantitative estimate of drug-likeness (QED) is 0.237. The molecule has 2 aromatic heterocycles. The van der Waals surface area contributed by atoms with E-state index in [0.717, 1.165) is 38.8 Å². The molecule has 0 spiro atoms. The average Bonchev–Trinajstić information content (AvgIpc) is 3.26. The summed E-state index contributed by atoms with van der Waals surface area (Å²) < 4.78 is 20.3. The summed E-state index contributed by atoms with van der Waals surface area (Å²) >= 11 is 1.35. The number of pyridine rings is 1. The molecule has 2 aliphatic heterocycles. The van der Waals surface area contributed by atoms with Crippen molar-refractivity contribution in [3.63, 3.8) is 0 Å². The SMILES string of the molecule is Cc1cccc(F)c1NC(=O)c1cc2c(s1)-c1ccccc1N(C(=O)c1cccc(N3CCOc4ccccc4C3)n1)CC2. The van der Waals surface area contributed by atoms with Gasteiger partial charge in [-0.05, 0) is 60.9 Å². The van der Waals surface area contributed by atoms with Gasteiger partial charge in [-0.25, -0.2) is 9.37 Å². The lowest BCUT2D eigenvalue weighted by Crippen LogP contribution is -2.34. The van der Waals surface area contributed by atoms with E-state index < -0.39 is 5.82 Å². The number of ether oxygens (including phenoxy) is 1. The first-order chi connectivity index (χ1) is 21.5. The van der Waals surface area contributed by atoms with Gasteiger partial charge in [-0.1, -0.05) is 54.6 Å². The minimum Gasteiger partial charge on any atom is -0.491 e. The van der Waals surface area contributed by atoms with Crippen molar-refractivity contribution in [1.29, 1.82) is 0 Å². The topological polar surface area (TPSA) is 74.8 Å². The molecule has 0 bridgehead atoms. The highest BCUT2D eigenvalue weighted by atomic mass is 32.1. The maximum atomic E-state index is 14.4. The van der Waals surface area contributed by atoms with Gasteiger partial charge >= 0.3 is 0 Å². The zero-order valence-corrected chi connectivity index (χ0v) is 24.9. The minimum atomic E-state index is -0.470. The normalized spacial score (nSPS) is 14.0.